The van der Waals surface area contributed by atoms with E-state index in [1.807, 2.05) is 13.8 Å². The van der Waals surface area contributed by atoms with Crippen LogP contribution in [0, 0.1) is 11.8 Å². The van der Waals surface area contributed by atoms with Gasteiger partial charge < -0.3 is 25.4 Å². The fourth-order valence-electron chi connectivity index (χ4n) is 4.56. The number of piperidine rings is 1. The monoisotopic (exact) mass is 467 g/mol. The lowest BCUT2D eigenvalue weighted by Gasteiger charge is -2.38. The molecule has 3 amide bonds. The SMILES string of the molecule is CCC(C)[C@H](NC(=O)OC(C)(C)C)C(=O)N1CCC(C(=O)NC2(C(=O)O)CCCCC2)CC1. The summed E-state index contributed by atoms with van der Waals surface area (Å²) in [5, 5.41) is 15.3. The van der Waals surface area contributed by atoms with Crippen molar-refractivity contribution >= 4 is 23.9 Å². The van der Waals surface area contributed by atoms with Crippen LogP contribution in [0.3, 0.4) is 0 Å². The largest absolute Gasteiger partial charge is 0.480 e. The van der Waals surface area contributed by atoms with Gasteiger partial charge in [-0.3, -0.25) is 9.59 Å². The van der Waals surface area contributed by atoms with E-state index in [-0.39, 0.29) is 23.7 Å². The molecule has 0 spiro atoms. The molecule has 0 radical (unpaired) electrons. The van der Waals surface area contributed by atoms with Crippen LogP contribution in [0.4, 0.5) is 4.79 Å². The number of rotatable bonds is 7. The molecule has 1 saturated heterocycles. The summed E-state index contributed by atoms with van der Waals surface area (Å²) in [6.45, 7) is 9.95. The van der Waals surface area contributed by atoms with Crippen molar-refractivity contribution in [2.75, 3.05) is 13.1 Å². The van der Waals surface area contributed by atoms with Crippen molar-refractivity contribution in [2.24, 2.45) is 11.8 Å². The van der Waals surface area contributed by atoms with Gasteiger partial charge in [-0.2, -0.15) is 0 Å². The maximum atomic E-state index is 13.2. The summed E-state index contributed by atoms with van der Waals surface area (Å²) in [5.41, 5.74) is -1.83. The summed E-state index contributed by atoms with van der Waals surface area (Å²) in [7, 11) is 0. The maximum absolute atomic E-state index is 13.2. The van der Waals surface area contributed by atoms with Crippen molar-refractivity contribution in [3.8, 4) is 0 Å². The van der Waals surface area contributed by atoms with Gasteiger partial charge in [-0.15, -0.1) is 0 Å². The third-order valence-electron chi connectivity index (χ3n) is 6.81. The Balaban J connectivity index is 1.96. The zero-order valence-corrected chi connectivity index (χ0v) is 20.7. The van der Waals surface area contributed by atoms with Crippen molar-refractivity contribution in [1.82, 2.24) is 15.5 Å². The van der Waals surface area contributed by atoms with Crippen LogP contribution in [0.2, 0.25) is 0 Å². The van der Waals surface area contributed by atoms with E-state index in [4.69, 9.17) is 4.74 Å². The molecule has 1 saturated carbocycles. The number of carboxylic acids is 1. The Morgan fingerprint density at radius 3 is 2.15 bits per heavy atom. The highest BCUT2D eigenvalue weighted by molar-refractivity contribution is 5.89. The third-order valence-corrected chi connectivity index (χ3v) is 6.81. The average Bonchev–Trinajstić information content (AvgIpc) is 2.76. The van der Waals surface area contributed by atoms with Gasteiger partial charge in [-0.05, 0) is 52.4 Å². The van der Waals surface area contributed by atoms with Gasteiger partial charge in [-0.25, -0.2) is 9.59 Å². The zero-order chi connectivity index (χ0) is 24.8. The Kier molecular flexibility index (Phi) is 9.14. The van der Waals surface area contributed by atoms with Crippen LogP contribution in [0.15, 0.2) is 0 Å². The number of hydrogen-bond donors (Lipinski definition) is 3. The van der Waals surface area contributed by atoms with Crippen LogP contribution >= 0.6 is 0 Å². The van der Waals surface area contributed by atoms with Gasteiger partial charge in [0.05, 0.1) is 0 Å². The topological polar surface area (TPSA) is 125 Å². The lowest BCUT2D eigenvalue weighted by molar-refractivity contribution is -0.150. The molecule has 0 bridgehead atoms. The molecule has 1 aliphatic heterocycles. The number of carbonyl (C=O) groups is 4. The van der Waals surface area contributed by atoms with Crippen LogP contribution in [0.25, 0.3) is 0 Å². The molecule has 1 aliphatic carbocycles. The van der Waals surface area contributed by atoms with Crippen LogP contribution in [0.1, 0.15) is 86.0 Å². The van der Waals surface area contributed by atoms with Gasteiger partial charge in [-0.1, -0.05) is 39.5 Å². The quantitative estimate of drug-likeness (QED) is 0.528. The molecule has 2 rings (SSSR count). The fraction of sp³-hybridized carbons (Fsp3) is 0.833. The summed E-state index contributed by atoms with van der Waals surface area (Å²) in [4.78, 5) is 51.9. The predicted octanol–water partition coefficient (Wildman–Crippen LogP) is 3.07. The molecule has 0 aromatic carbocycles. The van der Waals surface area contributed by atoms with Crippen molar-refractivity contribution in [3.05, 3.63) is 0 Å². The van der Waals surface area contributed by atoms with E-state index in [0.29, 0.717) is 45.2 Å². The number of alkyl carbamates (subject to hydrolysis) is 1. The van der Waals surface area contributed by atoms with E-state index in [1.54, 1.807) is 25.7 Å². The Hall–Kier alpha value is -2.32. The lowest BCUT2D eigenvalue weighted by atomic mass is 9.81. The van der Waals surface area contributed by atoms with E-state index in [2.05, 4.69) is 10.6 Å². The smallest absolute Gasteiger partial charge is 0.408 e. The maximum Gasteiger partial charge on any atom is 0.408 e. The van der Waals surface area contributed by atoms with Gasteiger partial charge in [0.2, 0.25) is 11.8 Å². The molecule has 188 valence electrons. The summed E-state index contributed by atoms with van der Waals surface area (Å²) in [6.07, 6.45) is 4.50. The number of nitrogens with one attached hydrogen (secondary N) is 2. The first-order valence-electron chi connectivity index (χ1n) is 12.2. The second-order valence-corrected chi connectivity index (χ2v) is 10.5. The Morgan fingerprint density at radius 1 is 1.09 bits per heavy atom. The summed E-state index contributed by atoms with van der Waals surface area (Å²) < 4.78 is 5.33. The molecule has 0 aromatic heterocycles. The zero-order valence-electron chi connectivity index (χ0n) is 20.7. The highest BCUT2D eigenvalue weighted by Crippen LogP contribution is 2.30. The molecule has 9 nitrogen and oxygen atoms in total. The molecule has 2 atom stereocenters. The van der Waals surface area contributed by atoms with Crippen molar-refractivity contribution in [3.63, 3.8) is 0 Å². The van der Waals surface area contributed by atoms with E-state index >= 15 is 0 Å². The van der Waals surface area contributed by atoms with E-state index in [0.717, 1.165) is 19.3 Å². The molecule has 9 heteroatoms. The Labute approximate surface area is 197 Å². The summed E-state index contributed by atoms with van der Waals surface area (Å²) in [5.74, 6) is -1.78. The number of hydrogen-bond acceptors (Lipinski definition) is 5. The molecule has 0 aromatic rings. The van der Waals surface area contributed by atoms with Crippen LogP contribution in [-0.2, 0) is 19.1 Å². The van der Waals surface area contributed by atoms with Gasteiger partial charge >= 0.3 is 12.1 Å². The van der Waals surface area contributed by atoms with Gasteiger partial charge in [0.1, 0.15) is 17.2 Å². The molecule has 2 fully saturated rings. The van der Waals surface area contributed by atoms with Gasteiger partial charge in [0.25, 0.3) is 0 Å². The van der Waals surface area contributed by atoms with Crippen LogP contribution in [0.5, 0.6) is 0 Å². The first-order valence-corrected chi connectivity index (χ1v) is 12.2. The van der Waals surface area contributed by atoms with Gasteiger partial charge in [0, 0.05) is 19.0 Å². The molecule has 1 heterocycles. The molecule has 33 heavy (non-hydrogen) atoms. The number of nitrogens with zero attached hydrogens (tertiary/aromatic N) is 1. The van der Waals surface area contributed by atoms with E-state index in [1.165, 1.54) is 0 Å². The number of carbonyl (C=O) groups excluding carboxylic acids is 3. The molecular weight excluding hydrogens is 426 g/mol. The normalized spacial score (nSPS) is 20.9. The molecule has 1 unspecified atom stereocenters. The minimum atomic E-state index is -1.17. The number of aliphatic carboxylic acids is 1. The predicted molar refractivity (Wildman–Crippen MR) is 124 cm³/mol. The number of likely N-dealkylation sites (tertiary alicyclic amines) is 1. The fourth-order valence-corrected chi connectivity index (χ4v) is 4.56. The van der Waals surface area contributed by atoms with Crippen LogP contribution < -0.4 is 10.6 Å². The molecule has 3 N–H and O–H groups in total. The minimum Gasteiger partial charge on any atom is -0.480 e. The molecule has 2 aliphatic rings. The van der Waals surface area contributed by atoms with E-state index in [9.17, 15) is 24.3 Å². The summed E-state index contributed by atoms with van der Waals surface area (Å²) in [6, 6.07) is -0.701. The lowest BCUT2D eigenvalue weighted by Crippen LogP contribution is -2.58. The Morgan fingerprint density at radius 2 is 1.67 bits per heavy atom. The third kappa shape index (κ3) is 7.33. The molecular formula is C24H41N3O6. The number of amides is 3. The second-order valence-electron chi connectivity index (χ2n) is 10.5. The highest BCUT2D eigenvalue weighted by Gasteiger charge is 2.43. The Bertz CT molecular complexity index is 718. The van der Waals surface area contributed by atoms with Crippen molar-refractivity contribution < 1.29 is 29.0 Å². The van der Waals surface area contributed by atoms with E-state index < -0.39 is 29.2 Å². The van der Waals surface area contributed by atoms with Crippen molar-refractivity contribution in [1.29, 1.82) is 0 Å². The highest BCUT2D eigenvalue weighted by atomic mass is 16.6. The minimum absolute atomic E-state index is 0.0761. The summed E-state index contributed by atoms with van der Waals surface area (Å²) >= 11 is 0. The standard InChI is InChI=1S/C24H41N3O6/c1-6-16(2)18(25-22(32)33-23(3,4)5)20(29)27-14-10-17(11-15-27)19(28)26-24(21(30)31)12-8-7-9-13-24/h16-18H,6-15H2,1-5H3,(H,25,32)(H,26,28)(H,30,31)/t16?,18-/m0/s1. The first-order chi connectivity index (χ1) is 15.4. The number of carboxylic acid groups (broad SMARTS) is 1. The number of ether oxygens (including phenoxy) is 1. The first kappa shape index (κ1) is 26.9. The second kappa shape index (κ2) is 11.2. The average molecular weight is 468 g/mol. The van der Waals surface area contributed by atoms with Crippen LogP contribution in [-0.4, -0.2) is 64.2 Å². The van der Waals surface area contributed by atoms with Gasteiger partial charge in [0.15, 0.2) is 0 Å². The van der Waals surface area contributed by atoms with Crippen molar-refractivity contribution in [2.45, 2.75) is 103 Å².